The second kappa shape index (κ2) is 8.35. The summed E-state index contributed by atoms with van der Waals surface area (Å²) < 4.78 is 23.3. The first-order valence-corrected chi connectivity index (χ1v) is 9.49. The predicted octanol–water partition coefficient (Wildman–Crippen LogP) is 2.00. The molecule has 7 nitrogen and oxygen atoms in total. The summed E-state index contributed by atoms with van der Waals surface area (Å²) in [5.41, 5.74) is 0. The average molecular weight is 430 g/mol. The lowest BCUT2D eigenvalue weighted by atomic mass is 10.1. The van der Waals surface area contributed by atoms with Crippen LogP contribution in [0.1, 0.15) is 13.8 Å². The van der Waals surface area contributed by atoms with Crippen molar-refractivity contribution in [2.45, 2.75) is 33.8 Å². The summed E-state index contributed by atoms with van der Waals surface area (Å²) in [5, 5.41) is 2.06. The van der Waals surface area contributed by atoms with E-state index < -0.39 is 42.6 Å². The molecule has 0 aliphatic rings. The third kappa shape index (κ3) is 5.85. The molecule has 2 N–H and O–H groups in total. The van der Waals surface area contributed by atoms with E-state index in [2.05, 4.69) is 5.32 Å². The highest BCUT2D eigenvalue weighted by Gasteiger charge is 2.48. The van der Waals surface area contributed by atoms with Gasteiger partial charge in [-0.05, 0) is 19.1 Å². The number of nitrogens with one attached hydrogen (secondary N) is 2. The molecule has 0 heterocycles. The molecule has 3 amide bonds. The quantitative estimate of drug-likeness (QED) is 0.696. The normalized spacial score (nSPS) is 14.3. The van der Waals surface area contributed by atoms with Crippen LogP contribution >= 0.6 is 34.8 Å². The van der Waals surface area contributed by atoms with E-state index in [9.17, 15) is 22.8 Å². The summed E-state index contributed by atoms with van der Waals surface area (Å²) in [4.78, 5) is 34.6. The number of carbonyl (C=O) groups excluding carboxylic acids is 3. The van der Waals surface area contributed by atoms with Gasteiger partial charge < -0.3 is 5.32 Å². The van der Waals surface area contributed by atoms with E-state index >= 15 is 0 Å². The van der Waals surface area contributed by atoms with Gasteiger partial charge in [-0.3, -0.25) is 14.9 Å². The van der Waals surface area contributed by atoms with E-state index in [1.807, 2.05) is 5.32 Å². The summed E-state index contributed by atoms with van der Waals surface area (Å²) in [6, 6.07) is 4.23. The maximum absolute atomic E-state index is 12.8. The van der Waals surface area contributed by atoms with Crippen LogP contribution in [0.3, 0.4) is 0 Å². The van der Waals surface area contributed by atoms with Crippen LogP contribution < -0.4 is 10.6 Å². The molecule has 0 fully saturated rings. The van der Waals surface area contributed by atoms with Crippen LogP contribution in [0.5, 0.6) is 0 Å². The van der Waals surface area contributed by atoms with Crippen LogP contribution in [0.25, 0.3) is 0 Å². The first-order chi connectivity index (χ1) is 11.4. The molecule has 2 unspecified atom stereocenters. The Morgan fingerprint density at radius 2 is 1.56 bits per heavy atom. The molecular weight excluding hydrogens is 415 g/mol. The van der Waals surface area contributed by atoms with Gasteiger partial charge in [0.15, 0.2) is 15.6 Å². The van der Waals surface area contributed by atoms with Crippen LogP contribution in [0, 0.1) is 0 Å². The van der Waals surface area contributed by atoms with E-state index in [1.54, 1.807) is 6.07 Å². The molecule has 0 saturated carbocycles. The molecule has 2 atom stereocenters. The van der Waals surface area contributed by atoms with Gasteiger partial charge in [0.05, 0.1) is 4.90 Å². The zero-order valence-corrected chi connectivity index (χ0v) is 16.2. The van der Waals surface area contributed by atoms with Gasteiger partial charge in [-0.2, -0.15) is 0 Å². The molecule has 25 heavy (non-hydrogen) atoms. The van der Waals surface area contributed by atoms with Crippen LogP contribution in [0.2, 0.25) is 0 Å². The van der Waals surface area contributed by atoms with Gasteiger partial charge in [0.25, 0.3) is 0 Å². The maximum atomic E-state index is 12.8. The molecule has 1 rings (SSSR count). The van der Waals surface area contributed by atoms with Crippen molar-refractivity contribution in [1.29, 1.82) is 0 Å². The molecule has 0 bridgehead atoms. The fourth-order valence-corrected chi connectivity index (χ4v) is 4.72. The molecule has 0 radical (unpaired) electrons. The van der Waals surface area contributed by atoms with Gasteiger partial charge in [0, 0.05) is 6.92 Å². The topological polar surface area (TPSA) is 109 Å². The fraction of sp³-hybridized carbons (Fsp3) is 0.357. The molecule has 0 spiro atoms. The van der Waals surface area contributed by atoms with Crippen molar-refractivity contribution in [3.05, 3.63) is 30.3 Å². The Morgan fingerprint density at radius 3 is 1.96 bits per heavy atom. The zero-order valence-electron chi connectivity index (χ0n) is 13.1. The minimum Gasteiger partial charge on any atom is -0.329 e. The molecule has 0 saturated heterocycles. The van der Waals surface area contributed by atoms with Crippen molar-refractivity contribution < 1.29 is 22.8 Å². The van der Waals surface area contributed by atoms with Crippen LogP contribution in [0.4, 0.5) is 4.79 Å². The van der Waals surface area contributed by atoms with Gasteiger partial charge in [-0.25, -0.2) is 13.2 Å². The Balaban J connectivity index is 3.37. The van der Waals surface area contributed by atoms with E-state index in [0.717, 1.165) is 13.8 Å². The maximum Gasteiger partial charge on any atom is 0.321 e. The molecule has 1 aromatic rings. The zero-order chi connectivity index (χ0) is 19.4. The number of benzene rings is 1. The van der Waals surface area contributed by atoms with Crippen LogP contribution in [0.15, 0.2) is 35.2 Å². The molecule has 0 aliphatic heterocycles. The largest absolute Gasteiger partial charge is 0.329 e. The number of amides is 3. The Morgan fingerprint density at radius 1 is 1.04 bits per heavy atom. The third-order valence-corrected chi connectivity index (χ3v) is 5.95. The number of imide groups is 1. The molecule has 11 heteroatoms. The first kappa shape index (κ1) is 21.7. The lowest BCUT2D eigenvalue weighted by Gasteiger charge is -2.31. The Bertz CT molecular complexity index is 762. The number of hydrogen-bond acceptors (Lipinski definition) is 5. The number of alkyl halides is 3. The number of sulfone groups is 1. The minimum absolute atomic E-state index is 0.178. The lowest BCUT2D eigenvalue weighted by Crippen LogP contribution is -2.58. The van der Waals surface area contributed by atoms with E-state index in [-0.39, 0.29) is 4.90 Å². The summed E-state index contributed by atoms with van der Waals surface area (Å²) in [5.74, 6) is -1.56. The Kier molecular flexibility index (Phi) is 7.25. The summed E-state index contributed by atoms with van der Waals surface area (Å²) >= 11 is 17.4. The number of urea groups is 1. The van der Waals surface area contributed by atoms with Gasteiger partial charge in [-0.1, -0.05) is 53.0 Å². The molecule has 1 aromatic carbocycles. The SMILES string of the molecule is CC(=O)NC(=O)NC(C(C(C)=O)S(=O)(=O)c1ccccc1)C(Cl)(Cl)Cl. The average Bonchev–Trinajstić information content (AvgIpc) is 2.45. The van der Waals surface area contributed by atoms with Gasteiger partial charge >= 0.3 is 6.03 Å². The Labute approximate surface area is 159 Å². The third-order valence-electron chi connectivity index (χ3n) is 3.04. The second-order valence-corrected chi connectivity index (χ2v) is 9.50. The number of hydrogen-bond donors (Lipinski definition) is 2. The number of halogens is 3. The van der Waals surface area contributed by atoms with E-state index in [1.165, 1.54) is 24.3 Å². The highest BCUT2D eigenvalue weighted by Crippen LogP contribution is 2.35. The summed E-state index contributed by atoms with van der Waals surface area (Å²) in [6.07, 6.45) is 0. The highest BCUT2D eigenvalue weighted by atomic mass is 35.6. The minimum atomic E-state index is -4.29. The van der Waals surface area contributed by atoms with Crippen molar-refractivity contribution in [2.24, 2.45) is 0 Å². The van der Waals surface area contributed by atoms with Crippen molar-refractivity contribution in [2.75, 3.05) is 0 Å². The molecule has 0 aliphatic carbocycles. The van der Waals surface area contributed by atoms with Crippen molar-refractivity contribution in [3.63, 3.8) is 0 Å². The Hall–Kier alpha value is -1.35. The summed E-state index contributed by atoms with van der Waals surface area (Å²) in [6.45, 7) is 2.06. The van der Waals surface area contributed by atoms with E-state index in [4.69, 9.17) is 34.8 Å². The van der Waals surface area contributed by atoms with E-state index in [0.29, 0.717) is 0 Å². The number of ketones is 1. The van der Waals surface area contributed by atoms with Crippen molar-refractivity contribution in [1.82, 2.24) is 10.6 Å². The van der Waals surface area contributed by atoms with Crippen molar-refractivity contribution >= 4 is 62.4 Å². The predicted molar refractivity (Wildman–Crippen MR) is 94.5 cm³/mol. The number of carbonyl (C=O) groups is 3. The van der Waals surface area contributed by atoms with Gasteiger partial charge in [-0.15, -0.1) is 0 Å². The smallest absolute Gasteiger partial charge is 0.321 e. The van der Waals surface area contributed by atoms with Gasteiger partial charge in [0.1, 0.15) is 11.3 Å². The molecular formula is C14H15Cl3N2O5S. The van der Waals surface area contributed by atoms with Crippen LogP contribution in [-0.2, 0) is 19.4 Å². The second-order valence-electron chi connectivity index (χ2n) is 5.06. The summed E-state index contributed by atoms with van der Waals surface area (Å²) in [7, 11) is -4.29. The monoisotopic (exact) mass is 428 g/mol. The highest BCUT2D eigenvalue weighted by molar-refractivity contribution is 7.93. The van der Waals surface area contributed by atoms with Crippen molar-refractivity contribution in [3.8, 4) is 0 Å². The first-order valence-electron chi connectivity index (χ1n) is 6.81. The number of Topliss-reactive ketones (excluding diaryl/α,β-unsaturated/α-hetero) is 1. The van der Waals surface area contributed by atoms with Crippen LogP contribution in [-0.4, -0.2) is 41.2 Å². The molecule has 138 valence electrons. The number of rotatable bonds is 5. The fourth-order valence-electron chi connectivity index (χ4n) is 2.06. The molecule has 0 aromatic heterocycles. The standard InChI is InChI=1S/C14H15Cl3N2O5S/c1-8(20)11(25(23,24)10-6-4-3-5-7-10)12(14(15,16)17)19-13(22)18-9(2)21/h3-7,11-12H,1-2H3,(H2,18,19,21,22). The lowest BCUT2D eigenvalue weighted by molar-refractivity contribution is -0.118. The van der Waals surface area contributed by atoms with Gasteiger partial charge in [0.2, 0.25) is 9.70 Å².